The Morgan fingerprint density at radius 3 is 2.76 bits per heavy atom. The van der Waals surface area contributed by atoms with Gasteiger partial charge in [0.1, 0.15) is 0 Å². The highest BCUT2D eigenvalue weighted by Gasteiger charge is 2.33. The van der Waals surface area contributed by atoms with E-state index in [1.807, 2.05) is 23.1 Å². The Labute approximate surface area is 137 Å². The minimum atomic E-state index is 0.0201. The molecule has 0 bridgehead atoms. The quantitative estimate of drug-likeness (QED) is 0.809. The fraction of sp³-hybridized carbons (Fsp3) is 0.250. The first-order valence-corrected chi connectivity index (χ1v) is 7.98. The molecule has 2 aromatic rings. The molecule has 0 N–H and O–H groups in total. The summed E-state index contributed by atoms with van der Waals surface area (Å²) in [4.78, 5) is 19.0. The summed E-state index contributed by atoms with van der Waals surface area (Å²) in [7, 11) is 0. The number of halogens is 2. The van der Waals surface area contributed by atoms with Gasteiger partial charge < -0.3 is 4.90 Å². The number of amides is 1. The Hall–Kier alpha value is -1.39. The van der Waals surface area contributed by atoms with Crippen LogP contribution in [0.15, 0.2) is 47.1 Å². The Balaban J connectivity index is 1.85. The number of nitrogens with zero attached hydrogens (tertiary/aromatic N) is 2. The minimum absolute atomic E-state index is 0.0201. The molecule has 3 nitrogen and oxygen atoms in total. The van der Waals surface area contributed by atoms with E-state index in [2.05, 4.69) is 20.9 Å². The molecule has 3 rings (SSSR count). The molecule has 0 saturated heterocycles. The lowest BCUT2D eigenvalue weighted by Gasteiger charge is -2.22. The average Bonchev–Trinajstić information content (AvgIpc) is 3.30. The number of carbonyl (C=O) groups excluding carboxylic acids is 1. The number of benzene rings is 1. The second-order valence-corrected chi connectivity index (χ2v) is 6.40. The summed E-state index contributed by atoms with van der Waals surface area (Å²) < 4.78 is 0.728. The molecule has 108 valence electrons. The van der Waals surface area contributed by atoms with Gasteiger partial charge in [0.25, 0.3) is 5.91 Å². The molecule has 1 heterocycles. The summed E-state index contributed by atoms with van der Waals surface area (Å²) in [5.74, 6) is 0.0201. The molecule has 5 heteroatoms. The number of aromatic nitrogens is 1. The van der Waals surface area contributed by atoms with Crippen LogP contribution in [0.2, 0.25) is 5.02 Å². The first-order chi connectivity index (χ1) is 10.1. The zero-order valence-corrected chi connectivity index (χ0v) is 13.6. The van der Waals surface area contributed by atoms with E-state index >= 15 is 0 Å². The maximum atomic E-state index is 12.8. The van der Waals surface area contributed by atoms with Gasteiger partial charge in [-0.2, -0.15) is 0 Å². The maximum Gasteiger partial charge on any atom is 0.255 e. The second kappa shape index (κ2) is 6.16. The third kappa shape index (κ3) is 3.44. The number of rotatable bonds is 4. The number of hydrogen-bond acceptors (Lipinski definition) is 2. The Bertz CT molecular complexity index is 659. The third-order valence-corrected chi connectivity index (χ3v) is 4.36. The van der Waals surface area contributed by atoms with E-state index in [-0.39, 0.29) is 5.91 Å². The predicted octanol–water partition coefficient (Wildman–Crippen LogP) is 4.30. The van der Waals surface area contributed by atoms with Crippen molar-refractivity contribution in [3.8, 4) is 0 Å². The molecule has 1 saturated carbocycles. The highest BCUT2D eigenvalue weighted by molar-refractivity contribution is 9.10. The molecule has 0 radical (unpaired) electrons. The van der Waals surface area contributed by atoms with Gasteiger partial charge >= 0.3 is 0 Å². The maximum absolute atomic E-state index is 12.8. The van der Waals surface area contributed by atoms with E-state index in [1.54, 1.807) is 24.4 Å². The Morgan fingerprint density at radius 1 is 1.33 bits per heavy atom. The molecule has 0 spiro atoms. The van der Waals surface area contributed by atoms with Gasteiger partial charge in [0.15, 0.2) is 0 Å². The summed E-state index contributed by atoms with van der Waals surface area (Å²) in [5, 5.41) is 0.612. The van der Waals surface area contributed by atoms with Crippen molar-refractivity contribution in [2.75, 3.05) is 0 Å². The van der Waals surface area contributed by atoms with Crippen LogP contribution in [-0.2, 0) is 6.54 Å². The zero-order valence-electron chi connectivity index (χ0n) is 11.3. The van der Waals surface area contributed by atoms with Crippen LogP contribution in [0.5, 0.6) is 0 Å². The normalized spacial score (nSPS) is 14.0. The highest BCUT2D eigenvalue weighted by Crippen LogP contribution is 2.31. The van der Waals surface area contributed by atoms with Gasteiger partial charge in [-0.05, 0) is 59.1 Å². The zero-order chi connectivity index (χ0) is 14.8. The van der Waals surface area contributed by atoms with Crippen LogP contribution in [0, 0.1) is 0 Å². The van der Waals surface area contributed by atoms with Crippen molar-refractivity contribution in [3.63, 3.8) is 0 Å². The molecule has 0 aliphatic heterocycles. The first-order valence-electron chi connectivity index (χ1n) is 6.81. The van der Waals surface area contributed by atoms with Crippen LogP contribution in [0.1, 0.15) is 28.9 Å². The Kier molecular flexibility index (Phi) is 4.27. The van der Waals surface area contributed by atoms with E-state index in [0.29, 0.717) is 23.2 Å². The van der Waals surface area contributed by atoms with Gasteiger partial charge in [-0.1, -0.05) is 17.7 Å². The van der Waals surface area contributed by atoms with E-state index in [9.17, 15) is 4.79 Å². The van der Waals surface area contributed by atoms with Gasteiger partial charge in [-0.3, -0.25) is 9.78 Å². The van der Waals surface area contributed by atoms with Crippen molar-refractivity contribution >= 4 is 33.4 Å². The van der Waals surface area contributed by atoms with Crippen LogP contribution in [0.3, 0.4) is 0 Å². The van der Waals surface area contributed by atoms with Gasteiger partial charge in [0, 0.05) is 21.7 Å². The van der Waals surface area contributed by atoms with E-state index in [1.165, 1.54) is 0 Å². The molecule has 1 aliphatic rings. The van der Waals surface area contributed by atoms with Gasteiger partial charge in [-0.25, -0.2) is 0 Å². The topological polar surface area (TPSA) is 33.2 Å². The lowest BCUT2D eigenvalue weighted by Crippen LogP contribution is -2.33. The first kappa shape index (κ1) is 14.5. The second-order valence-electron chi connectivity index (χ2n) is 5.11. The van der Waals surface area contributed by atoms with Crippen LogP contribution in [-0.4, -0.2) is 21.8 Å². The smallest absolute Gasteiger partial charge is 0.255 e. The molecule has 21 heavy (non-hydrogen) atoms. The molecular formula is C16H14BrClN2O. The van der Waals surface area contributed by atoms with Crippen molar-refractivity contribution < 1.29 is 4.79 Å². The summed E-state index contributed by atoms with van der Waals surface area (Å²) in [6, 6.07) is 11.3. The lowest BCUT2D eigenvalue weighted by molar-refractivity contribution is 0.0727. The van der Waals surface area contributed by atoms with E-state index < -0.39 is 0 Å². The fourth-order valence-electron chi connectivity index (χ4n) is 2.24. The Morgan fingerprint density at radius 2 is 2.14 bits per heavy atom. The van der Waals surface area contributed by atoms with Crippen molar-refractivity contribution in [1.29, 1.82) is 0 Å². The number of hydrogen-bond donors (Lipinski definition) is 0. The van der Waals surface area contributed by atoms with Crippen molar-refractivity contribution in [2.24, 2.45) is 0 Å². The summed E-state index contributed by atoms with van der Waals surface area (Å²) >= 11 is 9.36. The molecule has 1 amide bonds. The molecule has 1 fully saturated rings. The van der Waals surface area contributed by atoms with Crippen molar-refractivity contribution in [2.45, 2.75) is 25.4 Å². The minimum Gasteiger partial charge on any atom is -0.330 e. The van der Waals surface area contributed by atoms with Crippen molar-refractivity contribution in [1.82, 2.24) is 9.88 Å². The molecule has 1 aromatic carbocycles. The molecule has 0 unspecified atom stereocenters. The van der Waals surface area contributed by atoms with Crippen LogP contribution in [0.4, 0.5) is 0 Å². The highest BCUT2D eigenvalue weighted by atomic mass is 79.9. The molecular weight excluding hydrogens is 352 g/mol. The van der Waals surface area contributed by atoms with Crippen LogP contribution < -0.4 is 0 Å². The fourth-order valence-corrected chi connectivity index (χ4v) is 3.09. The van der Waals surface area contributed by atoms with Gasteiger partial charge in [0.2, 0.25) is 0 Å². The van der Waals surface area contributed by atoms with Crippen LogP contribution in [0.25, 0.3) is 0 Å². The summed E-state index contributed by atoms with van der Waals surface area (Å²) in [6.45, 7) is 0.541. The van der Waals surface area contributed by atoms with Gasteiger partial charge in [-0.15, -0.1) is 0 Å². The van der Waals surface area contributed by atoms with Crippen molar-refractivity contribution in [3.05, 3.63) is 63.3 Å². The van der Waals surface area contributed by atoms with E-state index in [4.69, 9.17) is 11.6 Å². The molecule has 1 aliphatic carbocycles. The largest absolute Gasteiger partial charge is 0.330 e. The molecule has 0 atom stereocenters. The predicted molar refractivity (Wildman–Crippen MR) is 86.3 cm³/mol. The molecule has 1 aromatic heterocycles. The number of carbonyl (C=O) groups is 1. The van der Waals surface area contributed by atoms with Crippen LogP contribution >= 0.6 is 27.5 Å². The van der Waals surface area contributed by atoms with Gasteiger partial charge in [0.05, 0.1) is 17.8 Å². The standard InChI is InChI=1S/C16H14BrClN2O/c17-15-9-11(18)4-7-14(15)16(21)20(13-5-6-13)10-12-3-1-2-8-19-12/h1-4,7-9,13H,5-6,10H2. The van der Waals surface area contributed by atoms with E-state index in [0.717, 1.165) is 23.0 Å². The average molecular weight is 366 g/mol. The number of pyridine rings is 1. The summed E-state index contributed by atoms with van der Waals surface area (Å²) in [5.41, 5.74) is 1.55. The SMILES string of the molecule is O=C(c1ccc(Cl)cc1Br)N(Cc1ccccn1)C1CC1. The lowest BCUT2D eigenvalue weighted by atomic mass is 10.2. The third-order valence-electron chi connectivity index (χ3n) is 3.47. The monoisotopic (exact) mass is 364 g/mol. The summed E-state index contributed by atoms with van der Waals surface area (Å²) in [6.07, 6.45) is 3.87.